The van der Waals surface area contributed by atoms with E-state index in [0.29, 0.717) is 12.2 Å². The van der Waals surface area contributed by atoms with Crippen LogP contribution in [-0.2, 0) is 35.5 Å². The Bertz CT molecular complexity index is 1230. The third-order valence-corrected chi connectivity index (χ3v) is 6.29. The van der Waals surface area contributed by atoms with Gasteiger partial charge >= 0.3 is 24.7 Å². The van der Waals surface area contributed by atoms with Crippen LogP contribution in [0.1, 0.15) is 51.5 Å². The van der Waals surface area contributed by atoms with E-state index in [2.05, 4.69) is 20.4 Å². The van der Waals surface area contributed by atoms with Crippen LogP contribution in [0.4, 0.5) is 52.7 Å². The molecule has 4 nitrogen and oxygen atoms in total. The molecule has 3 aliphatic rings. The minimum Gasteiger partial charge on any atom is -0.164 e. The van der Waals surface area contributed by atoms with Gasteiger partial charge in [-0.05, 0) is 6.42 Å². The molecule has 0 aliphatic heterocycles. The van der Waals surface area contributed by atoms with Gasteiger partial charge in [0.25, 0.3) is 0 Å². The Morgan fingerprint density at radius 3 is 1.06 bits per heavy atom. The van der Waals surface area contributed by atoms with E-state index in [1.807, 2.05) is 0 Å². The van der Waals surface area contributed by atoms with Crippen LogP contribution in [0.15, 0.2) is 12.2 Å². The zero-order chi connectivity index (χ0) is 26.0. The highest BCUT2D eigenvalue weighted by molar-refractivity contribution is 5.82. The zero-order valence-corrected chi connectivity index (χ0v) is 16.3. The number of halogens is 12. The van der Waals surface area contributed by atoms with E-state index in [1.165, 1.54) is 0 Å². The summed E-state index contributed by atoms with van der Waals surface area (Å²) in [6.45, 7) is 0. The monoisotopic (exact) mass is 518 g/mol. The van der Waals surface area contributed by atoms with Crippen molar-refractivity contribution in [3.8, 4) is 0 Å². The molecule has 5 rings (SSSR count). The summed E-state index contributed by atoms with van der Waals surface area (Å²) < 4.78 is 163. The van der Waals surface area contributed by atoms with Crippen molar-refractivity contribution in [2.75, 3.05) is 0 Å². The molecule has 1 fully saturated rings. The van der Waals surface area contributed by atoms with Crippen LogP contribution in [0.2, 0.25) is 0 Å². The third-order valence-electron chi connectivity index (χ3n) is 6.29. The van der Waals surface area contributed by atoms with Crippen molar-refractivity contribution >= 4 is 12.2 Å². The second-order valence-electron chi connectivity index (χ2n) is 8.15. The van der Waals surface area contributed by atoms with E-state index < -0.39 is 87.0 Å². The normalized spacial score (nSPS) is 25.0. The highest BCUT2D eigenvalue weighted by Crippen LogP contribution is 2.74. The number of rotatable bonds is 0. The molecule has 186 valence electrons. The molecule has 1 saturated carbocycles. The number of hydrogen-bond donors (Lipinski definition) is 0. The van der Waals surface area contributed by atoms with E-state index in [9.17, 15) is 52.7 Å². The summed E-state index contributed by atoms with van der Waals surface area (Å²) in [6, 6.07) is 0. The minimum absolute atomic E-state index is 0.490. The first-order valence-electron chi connectivity index (χ1n) is 9.34. The number of hydrogen-bond acceptors (Lipinski definition) is 4. The number of allylic oxidation sites excluding steroid dienone is 2. The molecule has 0 bridgehead atoms. The molecule has 2 atom stereocenters. The number of nitrogens with zero attached hydrogens (tertiary/aromatic N) is 4. The predicted octanol–water partition coefficient (Wildman–Crippen LogP) is 5.97. The minimum atomic E-state index is -5.37. The first kappa shape index (κ1) is 23.5. The van der Waals surface area contributed by atoms with Crippen LogP contribution in [0.3, 0.4) is 0 Å². The molecule has 0 N–H and O–H groups in total. The largest absolute Gasteiger partial charge is 0.435 e. The van der Waals surface area contributed by atoms with Gasteiger partial charge < -0.3 is 0 Å². The van der Waals surface area contributed by atoms with Crippen molar-refractivity contribution in [3.63, 3.8) is 0 Å². The maximum absolute atomic E-state index is 13.8. The van der Waals surface area contributed by atoms with Crippen LogP contribution in [0.5, 0.6) is 0 Å². The maximum atomic E-state index is 13.8. The molecule has 2 aromatic rings. The summed E-state index contributed by atoms with van der Waals surface area (Å²) in [5, 5.41) is 10.6. The van der Waals surface area contributed by atoms with Gasteiger partial charge in [0.05, 0.1) is 0 Å². The van der Waals surface area contributed by atoms with Gasteiger partial charge in [0.2, 0.25) is 0 Å². The molecule has 0 spiro atoms. The molecule has 35 heavy (non-hydrogen) atoms. The SMILES string of the molecule is FC(F)(F)c1nnc(C(F)(F)F)c2c1C=CC13CC21C=Cc1c(C(F)(F)F)nnc(C(F)(F)F)c13. The third kappa shape index (κ3) is 3.03. The Kier molecular flexibility index (Phi) is 4.25. The lowest BCUT2D eigenvalue weighted by Gasteiger charge is -2.34. The fraction of sp³-hybridized carbons (Fsp3) is 0.368. The summed E-state index contributed by atoms with van der Waals surface area (Å²) in [6.07, 6.45) is -19.5. The maximum Gasteiger partial charge on any atom is 0.435 e. The topological polar surface area (TPSA) is 51.6 Å². The van der Waals surface area contributed by atoms with Gasteiger partial charge in [0.1, 0.15) is 0 Å². The standard InChI is InChI=1S/C19H6F12N4/c20-16(21,22)10-6-1-3-14-5-15(14,8(6)12(34-32-10)18(26,27)28)4-2-7-9(14)13(19(29,30)31)35-33-11(7)17(23,24)25/h1-4H,5H2. The van der Waals surface area contributed by atoms with Crippen molar-refractivity contribution in [2.24, 2.45) is 0 Å². The van der Waals surface area contributed by atoms with Crippen LogP contribution < -0.4 is 0 Å². The summed E-state index contributed by atoms with van der Waals surface area (Å²) in [5.41, 5.74) is -16.2. The molecule has 2 heterocycles. The van der Waals surface area contributed by atoms with Crippen molar-refractivity contribution < 1.29 is 52.7 Å². The van der Waals surface area contributed by atoms with Gasteiger partial charge in [-0.2, -0.15) is 52.7 Å². The van der Waals surface area contributed by atoms with Crippen molar-refractivity contribution in [1.82, 2.24) is 20.4 Å². The molecule has 0 aromatic carbocycles. The molecule has 3 aliphatic carbocycles. The van der Waals surface area contributed by atoms with E-state index in [1.54, 1.807) is 0 Å². The average Bonchev–Trinajstić information content (AvgIpc) is 3.40. The molecule has 16 heteroatoms. The van der Waals surface area contributed by atoms with E-state index in [0.717, 1.165) is 12.2 Å². The van der Waals surface area contributed by atoms with Gasteiger partial charge in [0, 0.05) is 33.1 Å². The second-order valence-corrected chi connectivity index (χ2v) is 8.15. The smallest absolute Gasteiger partial charge is 0.164 e. The molecule has 0 radical (unpaired) electrons. The lowest BCUT2D eigenvalue weighted by molar-refractivity contribution is -0.149. The van der Waals surface area contributed by atoms with Crippen LogP contribution >= 0.6 is 0 Å². The summed E-state index contributed by atoms with van der Waals surface area (Å²) >= 11 is 0. The van der Waals surface area contributed by atoms with Gasteiger partial charge in [-0.1, -0.05) is 24.3 Å². The Morgan fingerprint density at radius 1 is 0.486 bits per heavy atom. The van der Waals surface area contributed by atoms with Crippen LogP contribution in [0.25, 0.3) is 12.2 Å². The van der Waals surface area contributed by atoms with E-state index in [-0.39, 0.29) is 0 Å². The Balaban J connectivity index is 1.88. The first-order chi connectivity index (χ1) is 15.8. The molecular formula is C19H6F12N4. The Morgan fingerprint density at radius 2 is 0.771 bits per heavy atom. The predicted molar refractivity (Wildman–Crippen MR) is 90.1 cm³/mol. The van der Waals surface area contributed by atoms with Crippen molar-refractivity contribution in [2.45, 2.75) is 42.0 Å². The van der Waals surface area contributed by atoms with Crippen molar-refractivity contribution in [1.29, 1.82) is 0 Å². The van der Waals surface area contributed by atoms with E-state index in [4.69, 9.17) is 0 Å². The molecule has 0 amide bonds. The molecule has 2 unspecified atom stereocenters. The van der Waals surface area contributed by atoms with Gasteiger partial charge in [-0.15, -0.1) is 20.4 Å². The first-order valence-corrected chi connectivity index (χ1v) is 9.34. The number of fused-ring (bicyclic) bond motifs is 2. The molecule has 2 aromatic heterocycles. The Labute approximate surface area is 185 Å². The quantitative estimate of drug-likeness (QED) is 0.403. The summed E-state index contributed by atoms with van der Waals surface area (Å²) in [7, 11) is 0. The number of alkyl halides is 12. The highest BCUT2D eigenvalue weighted by Gasteiger charge is 2.74. The zero-order valence-electron chi connectivity index (χ0n) is 16.3. The Hall–Kier alpha value is -3.20. The molecular weight excluding hydrogens is 512 g/mol. The lowest BCUT2D eigenvalue weighted by atomic mass is 9.70. The van der Waals surface area contributed by atoms with Gasteiger partial charge in [0.15, 0.2) is 22.8 Å². The van der Waals surface area contributed by atoms with Crippen molar-refractivity contribution in [3.05, 3.63) is 57.2 Å². The van der Waals surface area contributed by atoms with E-state index >= 15 is 0 Å². The van der Waals surface area contributed by atoms with Gasteiger partial charge in [-0.25, -0.2) is 0 Å². The molecule has 0 saturated heterocycles. The van der Waals surface area contributed by atoms with Crippen LogP contribution in [0, 0.1) is 0 Å². The van der Waals surface area contributed by atoms with Crippen LogP contribution in [-0.4, -0.2) is 20.4 Å². The fourth-order valence-electron chi connectivity index (χ4n) is 4.99. The van der Waals surface area contributed by atoms with Gasteiger partial charge in [-0.3, -0.25) is 0 Å². The highest BCUT2D eigenvalue weighted by atomic mass is 19.4. The fourth-order valence-corrected chi connectivity index (χ4v) is 4.99. The number of aromatic nitrogens is 4. The lowest BCUT2D eigenvalue weighted by Crippen LogP contribution is -2.35. The second kappa shape index (κ2) is 6.32. The summed E-state index contributed by atoms with van der Waals surface area (Å²) in [4.78, 5) is 0. The summed E-state index contributed by atoms with van der Waals surface area (Å²) in [5.74, 6) is 0. The average molecular weight is 518 g/mol.